The van der Waals surface area contributed by atoms with E-state index < -0.39 is 23.2 Å². The average Bonchev–Trinajstić information content (AvgIpc) is 3.35. The van der Waals surface area contributed by atoms with Crippen LogP contribution in [0.15, 0.2) is 60.7 Å². The van der Waals surface area contributed by atoms with Crippen LogP contribution in [0.1, 0.15) is 48.0 Å². The number of halogens is 3. The van der Waals surface area contributed by atoms with Gasteiger partial charge in [0.2, 0.25) is 11.8 Å². The monoisotopic (exact) mass is 636 g/mol. The summed E-state index contributed by atoms with van der Waals surface area (Å²) in [4.78, 5) is 28.4. The maximum absolute atomic E-state index is 16.0. The summed E-state index contributed by atoms with van der Waals surface area (Å²) in [5, 5.41) is 18.5. The van der Waals surface area contributed by atoms with Crippen LogP contribution in [0.5, 0.6) is 5.88 Å². The van der Waals surface area contributed by atoms with E-state index in [4.69, 9.17) is 33.0 Å². The number of carbonyl (C=O) groups excluding carboxylic acids is 1. The van der Waals surface area contributed by atoms with Crippen LogP contribution in [-0.4, -0.2) is 56.4 Å². The number of nitrogens with zero attached hydrogens (tertiary/aromatic N) is 3. The summed E-state index contributed by atoms with van der Waals surface area (Å²) in [6, 6.07) is 16.4. The number of carboxylic acids is 1. The van der Waals surface area contributed by atoms with Gasteiger partial charge in [-0.1, -0.05) is 47.8 Å². The minimum Gasteiger partial charge on any atom is -0.478 e. The van der Waals surface area contributed by atoms with Gasteiger partial charge in [-0.2, -0.15) is 5.10 Å². The first kappa shape index (κ1) is 29.1. The van der Waals surface area contributed by atoms with Crippen LogP contribution in [-0.2, 0) is 11.3 Å². The molecule has 4 atom stereocenters. The van der Waals surface area contributed by atoms with E-state index in [1.807, 2.05) is 6.92 Å². The summed E-state index contributed by atoms with van der Waals surface area (Å²) in [7, 11) is 0. The molecule has 1 amide bonds. The summed E-state index contributed by atoms with van der Waals surface area (Å²) >= 11 is 12.6. The minimum atomic E-state index is -1.19. The largest absolute Gasteiger partial charge is 0.478 e. The van der Waals surface area contributed by atoms with E-state index in [-0.39, 0.29) is 35.1 Å². The van der Waals surface area contributed by atoms with Gasteiger partial charge < -0.3 is 15.2 Å². The Labute approximate surface area is 263 Å². The number of rotatable bonds is 6. The second-order valence-electron chi connectivity index (χ2n) is 12.2. The molecule has 0 radical (unpaired) electrons. The number of anilines is 1. The van der Waals surface area contributed by atoms with Gasteiger partial charge in [-0.05, 0) is 73.7 Å². The Bertz CT molecular complexity index is 1790. The van der Waals surface area contributed by atoms with Crippen molar-refractivity contribution in [3.8, 4) is 5.88 Å². The maximum Gasteiger partial charge on any atom is 0.335 e. The maximum atomic E-state index is 16.0. The number of hydrogen-bond acceptors (Lipinski definition) is 5. The summed E-state index contributed by atoms with van der Waals surface area (Å²) in [5.74, 6) is -1.84. The number of likely N-dealkylation sites (tertiary alicyclic amines) is 1. The number of aromatic carboxylic acids is 1. The van der Waals surface area contributed by atoms with E-state index in [0.29, 0.717) is 52.1 Å². The van der Waals surface area contributed by atoms with Crippen molar-refractivity contribution < 1.29 is 23.8 Å². The van der Waals surface area contributed by atoms with E-state index in [1.54, 1.807) is 47.1 Å². The molecular formula is C33H31Cl2FN4O4. The molecule has 3 aliphatic rings. The van der Waals surface area contributed by atoms with Gasteiger partial charge in [0.1, 0.15) is 18.0 Å². The van der Waals surface area contributed by atoms with Gasteiger partial charge in [0.15, 0.2) is 0 Å². The number of ether oxygens (including phenoxy) is 1. The lowest BCUT2D eigenvalue weighted by atomic mass is 9.74. The van der Waals surface area contributed by atoms with Gasteiger partial charge in [-0.3, -0.25) is 9.69 Å². The molecule has 8 nitrogen and oxygen atoms in total. The highest BCUT2D eigenvalue weighted by Gasteiger charge is 2.62. The zero-order valence-corrected chi connectivity index (χ0v) is 25.5. The molecule has 1 saturated heterocycles. The molecule has 3 heterocycles. The number of benzene rings is 3. The summed E-state index contributed by atoms with van der Waals surface area (Å²) in [5.41, 5.74) is 0.342. The first-order chi connectivity index (χ1) is 21.1. The molecule has 4 aromatic rings. The summed E-state index contributed by atoms with van der Waals surface area (Å²) < 4.78 is 24.2. The highest BCUT2D eigenvalue weighted by molar-refractivity contribution is 6.31. The number of carboxylic acid groups (broad SMARTS) is 1. The standard InChI is InChI=1S/C33H31Cl2FN4O4/c1-33(32(43)37-21-8-3-7-20(34)14-21)28(23-9-4-10-25(35)29(23)36)24-16-40-30(22-12-11-19(31(41)42)13-26(22)38-40)44-17-27(24)39(33)15-18-5-2-6-18/h3-4,7-14,18,24,27-28H,2,5-6,15-17H2,1H3,(H,37,43)(H,41,42)/t24-,27+,28+,33-/m1/s1. The van der Waals surface area contributed by atoms with Crippen LogP contribution in [0.3, 0.4) is 0 Å². The Morgan fingerprint density at radius 3 is 2.66 bits per heavy atom. The second-order valence-corrected chi connectivity index (χ2v) is 13.1. The minimum absolute atomic E-state index is 0.00863. The molecule has 228 valence electrons. The molecule has 2 aliphatic heterocycles. The number of carbonyl (C=O) groups is 2. The first-order valence-corrected chi connectivity index (χ1v) is 15.5. The third-order valence-electron chi connectivity index (χ3n) is 9.78. The molecule has 2 N–H and O–H groups in total. The van der Waals surface area contributed by atoms with Crippen molar-refractivity contribution in [1.82, 2.24) is 14.7 Å². The number of hydrogen-bond donors (Lipinski definition) is 2. The van der Waals surface area contributed by atoms with Crippen molar-refractivity contribution in [3.63, 3.8) is 0 Å². The molecule has 1 aliphatic carbocycles. The van der Waals surface area contributed by atoms with Crippen LogP contribution in [0.4, 0.5) is 10.1 Å². The third kappa shape index (κ3) is 4.73. The molecule has 44 heavy (non-hydrogen) atoms. The van der Waals surface area contributed by atoms with Crippen molar-refractivity contribution in [2.24, 2.45) is 11.8 Å². The van der Waals surface area contributed by atoms with Crippen molar-refractivity contribution in [1.29, 1.82) is 0 Å². The molecule has 7 rings (SSSR count). The number of amides is 1. The van der Waals surface area contributed by atoms with Crippen molar-refractivity contribution in [3.05, 3.63) is 87.7 Å². The SMILES string of the molecule is C[C@]1(C(=O)Nc2cccc(Cl)c2)[C@@H](c2cccc(Cl)c2F)[C@@H]2Cn3nc4cc(C(=O)O)ccc4c3OC[C@@H]2N1CC1CCC1. The van der Waals surface area contributed by atoms with Gasteiger partial charge in [0.25, 0.3) is 0 Å². The van der Waals surface area contributed by atoms with E-state index in [0.717, 1.165) is 19.3 Å². The summed E-state index contributed by atoms with van der Waals surface area (Å²) in [6.07, 6.45) is 3.27. The van der Waals surface area contributed by atoms with E-state index >= 15 is 4.39 Å². The first-order valence-electron chi connectivity index (χ1n) is 14.8. The molecule has 0 unspecified atom stereocenters. The molecular weight excluding hydrogens is 606 g/mol. The smallest absolute Gasteiger partial charge is 0.335 e. The number of fused-ring (bicyclic) bond motifs is 4. The molecule has 11 heteroatoms. The molecule has 2 fully saturated rings. The Morgan fingerprint density at radius 1 is 1.14 bits per heavy atom. The Balaban J connectivity index is 1.37. The lowest BCUT2D eigenvalue weighted by molar-refractivity contribution is -0.128. The predicted octanol–water partition coefficient (Wildman–Crippen LogP) is 6.85. The fourth-order valence-corrected chi connectivity index (χ4v) is 7.76. The fourth-order valence-electron chi connectivity index (χ4n) is 7.38. The Hall–Kier alpha value is -3.66. The Morgan fingerprint density at radius 2 is 1.93 bits per heavy atom. The summed E-state index contributed by atoms with van der Waals surface area (Å²) in [6.45, 7) is 3.13. The quantitative estimate of drug-likeness (QED) is 0.240. The lowest BCUT2D eigenvalue weighted by Gasteiger charge is -2.43. The van der Waals surface area contributed by atoms with Crippen LogP contribution < -0.4 is 10.1 Å². The van der Waals surface area contributed by atoms with Gasteiger partial charge in [-0.25, -0.2) is 13.9 Å². The van der Waals surface area contributed by atoms with Gasteiger partial charge in [0.05, 0.1) is 27.5 Å². The molecule has 1 saturated carbocycles. The zero-order valence-electron chi connectivity index (χ0n) is 24.0. The number of nitrogens with one attached hydrogen (secondary N) is 1. The average molecular weight is 638 g/mol. The third-order valence-corrected chi connectivity index (χ3v) is 10.3. The highest BCUT2D eigenvalue weighted by atomic mass is 35.5. The number of aromatic nitrogens is 2. The van der Waals surface area contributed by atoms with Gasteiger partial charge in [-0.15, -0.1) is 0 Å². The highest BCUT2D eigenvalue weighted by Crippen LogP contribution is 2.54. The Kier molecular flexibility index (Phi) is 7.30. The van der Waals surface area contributed by atoms with E-state index in [9.17, 15) is 14.7 Å². The lowest BCUT2D eigenvalue weighted by Crippen LogP contribution is -2.58. The van der Waals surface area contributed by atoms with E-state index in [2.05, 4.69) is 10.2 Å². The normalized spacial score (nSPS) is 25.0. The fraction of sp³-hybridized carbons (Fsp3) is 0.364. The molecule has 0 bridgehead atoms. The van der Waals surface area contributed by atoms with E-state index in [1.165, 1.54) is 18.2 Å². The van der Waals surface area contributed by atoms with Gasteiger partial charge >= 0.3 is 5.97 Å². The zero-order chi connectivity index (χ0) is 30.7. The second kappa shape index (κ2) is 11.1. The molecule has 0 spiro atoms. The van der Waals surface area contributed by atoms with Gasteiger partial charge in [0, 0.05) is 35.6 Å². The molecule has 1 aromatic heterocycles. The van der Waals surface area contributed by atoms with Crippen LogP contribution in [0.2, 0.25) is 10.0 Å². The van der Waals surface area contributed by atoms with Crippen LogP contribution in [0.25, 0.3) is 10.9 Å². The van der Waals surface area contributed by atoms with Crippen LogP contribution in [0, 0.1) is 17.7 Å². The topological polar surface area (TPSA) is 96.7 Å². The predicted molar refractivity (Wildman–Crippen MR) is 166 cm³/mol. The molecule has 3 aromatic carbocycles. The van der Waals surface area contributed by atoms with Crippen LogP contribution >= 0.6 is 23.2 Å². The van der Waals surface area contributed by atoms with Crippen molar-refractivity contribution >= 4 is 51.7 Å². The van der Waals surface area contributed by atoms with Crippen molar-refractivity contribution in [2.75, 3.05) is 18.5 Å². The van der Waals surface area contributed by atoms with Crippen molar-refractivity contribution in [2.45, 2.75) is 50.2 Å².